The first-order chi connectivity index (χ1) is 8.66. The lowest BCUT2D eigenvalue weighted by Crippen LogP contribution is -2.07. The average molecular weight is 265 g/mol. The second kappa shape index (κ2) is 4.50. The van der Waals surface area contributed by atoms with Crippen molar-refractivity contribution >= 4 is 17.2 Å². The normalized spacial score (nSPS) is 16.8. The van der Waals surface area contributed by atoms with Crippen molar-refractivity contribution in [1.82, 2.24) is 19.6 Å². The predicted octanol–water partition coefficient (Wildman–Crippen LogP) is 3.13. The maximum Gasteiger partial charge on any atom is 0.198 e. The first-order valence-electron chi connectivity index (χ1n) is 6.53. The second-order valence-corrected chi connectivity index (χ2v) is 5.56. The van der Waals surface area contributed by atoms with E-state index in [0.29, 0.717) is 10.8 Å². The van der Waals surface area contributed by atoms with E-state index in [1.807, 2.05) is 13.8 Å². The van der Waals surface area contributed by atoms with Gasteiger partial charge in [0.05, 0.1) is 5.69 Å². The number of rotatable bonds is 2. The minimum atomic E-state index is 0.447. The molecule has 0 aromatic carbocycles. The van der Waals surface area contributed by atoms with Crippen molar-refractivity contribution in [2.75, 3.05) is 0 Å². The van der Waals surface area contributed by atoms with Gasteiger partial charge in [0.25, 0.3) is 0 Å². The van der Waals surface area contributed by atoms with Gasteiger partial charge in [0.15, 0.2) is 10.8 Å². The van der Waals surface area contributed by atoms with Gasteiger partial charge in [-0.25, -0.2) is 4.98 Å². The van der Waals surface area contributed by atoms with Crippen molar-refractivity contribution in [2.24, 2.45) is 5.92 Å². The van der Waals surface area contributed by atoms with Gasteiger partial charge in [0.2, 0.25) is 0 Å². The molecule has 3 rings (SSSR count). The van der Waals surface area contributed by atoms with Crippen molar-refractivity contribution in [2.45, 2.75) is 46.0 Å². The first-order valence-corrected chi connectivity index (χ1v) is 6.91. The van der Waals surface area contributed by atoms with E-state index in [-0.39, 0.29) is 0 Å². The van der Waals surface area contributed by atoms with Gasteiger partial charge in [-0.05, 0) is 19.8 Å². The van der Waals surface area contributed by atoms with Gasteiger partial charge in [-0.15, -0.1) is 10.2 Å². The fraction of sp³-hybridized carbons (Fsp3) is 0.615. The standard InChI is InChI=1S/C13H17ClN4/c1-8-9(2)18-11(7-10-5-3-4-6-10)16-17-13(18)12(14)15-8/h10H,3-7H2,1-2H3. The van der Waals surface area contributed by atoms with Crippen molar-refractivity contribution in [3.8, 4) is 0 Å². The van der Waals surface area contributed by atoms with E-state index in [2.05, 4.69) is 19.6 Å². The van der Waals surface area contributed by atoms with Gasteiger partial charge < -0.3 is 0 Å². The number of hydrogen-bond donors (Lipinski definition) is 0. The summed E-state index contributed by atoms with van der Waals surface area (Å²) in [5.41, 5.74) is 2.72. The third-order valence-electron chi connectivity index (χ3n) is 3.99. The molecule has 0 bridgehead atoms. The third-order valence-corrected chi connectivity index (χ3v) is 4.24. The van der Waals surface area contributed by atoms with Crippen LogP contribution in [-0.2, 0) is 6.42 Å². The smallest absolute Gasteiger partial charge is 0.198 e. The van der Waals surface area contributed by atoms with E-state index in [0.717, 1.165) is 29.6 Å². The van der Waals surface area contributed by atoms with Crippen LogP contribution in [0.1, 0.15) is 42.9 Å². The monoisotopic (exact) mass is 264 g/mol. The molecule has 1 aliphatic rings. The minimum absolute atomic E-state index is 0.447. The minimum Gasteiger partial charge on any atom is -0.279 e. The quantitative estimate of drug-likeness (QED) is 0.837. The summed E-state index contributed by atoms with van der Waals surface area (Å²) in [6.45, 7) is 4.02. The highest BCUT2D eigenvalue weighted by Crippen LogP contribution is 2.28. The number of nitrogens with zero attached hydrogens (tertiary/aromatic N) is 4. The summed E-state index contributed by atoms with van der Waals surface area (Å²) in [5.74, 6) is 1.78. The Kier molecular flexibility index (Phi) is 2.98. The number of hydrogen-bond acceptors (Lipinski definition) is 3. The summed E-state index contributed by atoms with van der Waals surface area (Å²) >= 11 is 6.13. The van der Waals surface area contributed by atoms with Crippen LogP contribution in [0.3, 0.4) is 0 Å². The lowest BCUT2D eigenvalue weighted by atomic mass is 10.0. The molecule has 0 amide bonds. The topological polar surface area (TPSA) is 43.1 Å². The van der Waals surface area contributed by atoms with Gasteiger partial charge in [-0.1, -0.05) is 37.3 Å². The number of aryl methyl sites for hydroxylation is 2. The van der Waals surface area contributed by atoms with Gasteiger partial charge in [-0.2, -0.15) is 0 Å². The number of halogens is 1. The second-order valence-electron chi connectivity index (χ2n) is 5.20. The van der Waals surface area contributed by atoms with E-state index in [9.17, 15) is 0 Å². The van der Waals surface area contributed by atoms with Crippen LogP contribution in [0.4, 0.5) is 0 Å². The lowest BCUT2D eigenvalue weighted by Gasteiger charge is -2.10. The van der Waals surface area contributed by atoms with E-state index in [1.54, 1.807) is 0 Å². The zero-order chi connectivity index (χ0) is 12.7. The van der Waals surface area contributed by atoms with E-state index in [1.165, 1.54) is 25.7 Å². The first kappa shape index (κ1) is 11.9. The molecule has 2 heterocycles. The predicted molar refractivity (Wildman–Crippen MR) is 70.9 cm³/mol. The SMILES string of the molecule is Cc1nc(Cl)c2nnc(CC3CCCC3)n2c1C. The largest absolute Gasteiger partial charge is 0.279 e. The van der Waals surface area contributed by atoms with E-state index < -0.39 is 0 Å². The van der Waals surface area contributed by atoms with Crippen molar-refractivity contribution in [3.05, 3.63) is 22.4 Å². The van der Waals surface area contributed by atoms with Crippen molar-refractivity contribution in [3.63, 3.8) is 0 Å². The summed E-state index contributed by atoms with van der Waals surface area (Å²) < 4.78 is 2.07. The third kappa shape index (κ3) is 1.88. The number of fused-ring (bicyclic) bond motifs is 1. The van der Waals surface area contributed by atoms with Gasteiger partial charge in [0.1, 0.15) is 5.82 Å². The molecule has 5 heteroatoms. The van der Waals surface area contributed by atoms with Crippen molar-refractivity contribution < 1.29 is 0 Å². The van der Waals surface area contributed by atoms with Crippen LogP contribution in [0.25, 0.3) is 5.65 Å². The molecule has 4 nitrogen and oxygen atoms in total. The fourth-order valence-electron chi connectivity index (χ4n) is 2.85. The van der Waals surface area contributed by atoms with Crippen LogP contribution in [0, 0.1) is 19.8 Å². The van der Waals surface area contributed by atoms with Gasteiger partial charge in [-0.3, -0.25) is 4.40 Å². The van der Waals surface area contributed by atoms with Crippen LogP contribution >= 0.6 is 11.6 Å². The molecule has 1 fully saturated rings. The zero-order valence-electron chi connectivity index (χ0n) is 10.8. The summed E-state index contributed by atoms with van der Waals surface area (Å²) in [6.07, 6.45) is 6.32. The molecule has 2 aromatic heterocycles. The molecule has 0 unspecified atom stereocenters. The molecule has 1 saturated carbocycles. The Labute approximate surface area is 111 Å². The van der Waals surface area contributed by atoms with Crippen LogP contribution < -0.4 is 0 Å². The van der Waals surface area contributed by atoms with E-state index in [4.69, 9.17) is 11.6 Å². The number of aromatic nitrogens is 4. The Morgan fingerprint density at radius 3 is 2.67 bits per heavy atom. The summed E-state index contributed by atoms with van der Waals surface area (Å²) in [6, 6.07) is 0. The average Bonchev–Trinajstić information content (AvgIpc) is 2.96. The summed E-state index contributed by atoms with van der Waals surface area (Å²) in [5, 5.41) is 8.94. The molecule has 0 atom stereocenters. The molecule has 0 N–H and O–H groups in total. The lowest BCUT2D eigenvalue weighted by molar-refractivity contribution is 0.526. The van der Waals surface area contributed by atoms with Crippen LogP contribution in [-0.4, -0.2) is 19.6 Å². The summed E-state index contributed by atoms with van der Waals surface area (Å²) in [4.78, 5) is 4.29. The van der Waals surface area contributed by atoms with Crippen LogP contribution in [0.2, 0.25) is 5.15 Å². The fourth-order valence-corrected chi connectivity index (χ4v) is 3.10. The molecule has 0 aliphatic heterocycles. The highest BCUT2D eigenvalue weighted by Gasteiger charge is 2.20. The molecule has 0 saturated heterocycles. The Morgan fingerprint density at radius 1 is 1.22 bits per heavy atom. The molecule has 0 spiro atoms. The van der Waals surface area contributed by atoms with Crippen molar-refractivity contribution in [1.29, 1.82) is 0 Å². The Hall–Kier alpha value is -1.16. The summed E-state index contributed by atoms with van der Waals surface area (Å²) in [7, 11) is 0. The van der Waals surface area contributed by atoms with Gasteiger partial charge in [0, 0.05) is 12.1 Å². The molecular weight excluding hydrogens is 248 g/mol. The van der Waals surface area contributed by atoms with Crippen LogP contribution in [0.15, 0.2) is 0 Å². The molecule has 2 aromatic rings. The Morgan fingerprint density at radius 2 is 1.94 bits per heavy atom. The molecule has 0 radical (unpaired) electrons. The van der Waals surface area contributed by atoms with E-state index >= 15 is 0 Å². The van der Waals surface area contributed by atoms with Gasteiger partial charge >= 0.3 is 0 Å². The maximum absolute atomic E-state index is 6.13. The zero-order valence-corrected chi connectivity index (χ0v) is 11.5. The molecular formula is C13H17ClN4. The molecule has 18 heavy (non-hydrogen) atoms. The maximum atomic E-state index is 6.13. The highest BCUT2D eigenvalue weighted by atomic mass is 35.5. The van der Waals surface area contributed by atoms with Crippen LogP contribution in [0.5, 0.6) is 0 Å². The Balaban J connectivity index is 2.06. The molecule has 1 aliphatic carbocycles. The molecule has 96 valence electrons. The Bertz CT molecular complexity index is 584. The highest BCUT2D eigenvalue weighted by molar-refractivity contribution is 6.32.